The molecule has 1 aliphatic rings. The number of carboxylic acids is 1. The van der Waals surface area contributed by atoms with E-state index in [4.69, 9.17) is 4.74 Å². The monoisotopic (exact) mass is 294 g/mol. The Kier molecular flexibility index (Phi) is 4.80. The summed E-state index contributed by atoms with van der Waals surface area (Å²) < 4.78 is 7.22. The van der Waals surface area contributed by atoms with Gasteiger partial charge in [0.25, 0.3) is 5.56 Å². The van der Waals surface area contributed by atoms with Gasteiger partial charge in [-0.05, 0) is 26.0 Å². The van der Waals surface area contributed by atoms with Crippen LogP contribution in [0.4, 0.5) is 0 Å². The molecule has 0 spiro atoms. The molecule has 1 atom stereocenters. The molecular formula is C15H22N2O4. The number of aromatic carboxylic acids is 1. The second-order valence-corrected chi connectivity index (χ2v) is 5.43. The molecule has 2 heterocycles. The van der Waals surface area contributed by atoms with Gasteiger partial charge in [-0.2, -0.15) is 0 Å². The van der Waals surface area contributed by atoms with Crippen molar-refractivity contribution in [1.29, 1.82) is 0 Å². The maximum absolute atomic E-state index is 12.2. The lowest BCUT2D eigenvalue weighted by Gasteiger charge is -2.32. The summed E-state index contributed by atoms with van der Waals surface area (Å²) >= 11 is 0. The molecule has 1 aliphatic heterocycles. The Labute approximate surface area is 123 Å². The normalized spacial score (nSPS) is 19.7. The number of hydrogen-bond acceptors (Lipinski definition) is 4. The molecule has 6 nitrogen and oxygen atoms in total. The van der Waals surface area contributed by atoms with Gasteiger partial charge in [-0.3, -0.25) is 9.69 Å². The van der Waals surface area contributed by atoms with Gasteiger partial charge < -0.3 is 14.4 Å². The second kappa shape index (κ2) is 6.41. The summed E-state index contributed by atoms with van der Waals surface area (Å²) in [6.45, 7) is 9.06. The Morgan fingerprint density at radius 3 is 2.81 bits per heavy atom. The largest absolute Gasteiger partial charge is 0.478 e. The van der Waals surface area contributed by atoms with Gasteiger partial charge in [-0.25, -0.2) is 4.79 Å². The van der Waals surface area contributed by atoms with E-state index in [1.54, 1.807) is 13.8 Å². The smallest absolute Gasteiger partial charge is 0.337 e. The van der Waals surface area contributed by atoms with Crippen LogP contribution < -0.4 is 5.56 Å². The molecular weight excluding hydrogens is 272 g/mol. The van der Waals surface area contributed by atoms with E-state index in [-0.39, 0.29) is 17.2 Å². The van der Waals surface area contributed by atoms with Crippen molar-refractivity contribution in [2.24, 2.45) is 0 Å². The summed E-state index contributed by atoms with van der Waals surface area (Å²) in [6, 6.07) is 1.39. The average molecular weight is 294 g/mol. The van der Waals surface area contributed by atoms with Crippen LogP contribution in [-0.4, -0.2) is 52.9 Å². The quantitative estimate of drug-likeness (QED) is 0.892. The third-order valence-corrected chi connectivity index (χ3v) is 4.04. The highest BCUT2D eigenvalue weighted by atomic mass is 16.5. The van der Waals surface area contributed by atoms with Crippen molar-refractivity contribution in [3.63, 3.8) is 0 Å². The van der Waals surface area contributed by atoms with Crippen molar-refractivity contribution in [3.05, 3.63) is 33.2 Å². The number of rotatable bonds is 4. The van der Waals surface area contributed by atoms with Gasteiger partial charge in [-0.1, -0.05) is 6.92 Å². The van der Waals surface area contributed by atoms with E-state index >= 15 is 0 Å². The fourth-order valence-corrected chi connectivity index (χ4v) is 2.85. The lowest BCUT2D eigenvalue weighted by atomic mass is 10.1. The van der Waals surface area contributed by atoms with Crippen LogP contribution in [0.3, 0.4) is 0 Å². The Bertz CT molecular complexity index is 594. The topological polar surface area (TPSA) is 71.8 Å². The van der Waals surface area contributed by atoms with Crippen LogP contribution in [0.25, 0.3) is 0 Å². The number of hydrogen-bond donors (Lipinski definition) is 1. The number of ether oxygens (including phenoxy) is 1. The molecule has 1 N–H and O–H groups in total. The number of pyridine rings is 1. The van der Waals surface area contributed by atoms with Crippen LogP contribution in [0.5, 0.6) is 0 Å². The number of morpholine rings is 1. The standard InChI is InChI=1S/C15H22N2O4/c1-4-16-5-6-21-12(8-16)9-17-11(3)14(15(19)20)10(2)7-13(17)18/h7,12H,4-6,8-9H2,1-3H3,(H,19,20). The number of aryl methyl sites for hydroxylation is 1. The zero-order chi connectivity index (χ0) is 15.6. The van der Waals surface area contributed by atoms with Crippen molar-refractivity contribution in [2.75, 3.05) is 26.2 Å². The number of likely N-dealkylation sites (N-methyl/N-ethyl adjacent to an activating group) is 1. The van der Waals surface area contributed by atoms with Gasteiger partial charge in [0, 0.05) is 24.8 Å². The molecule has 21 heavy (non-hydrogen) atoms. The van der Waals surface area contributed by atoms with Gasteiger partial charge in [-0.15, -0.1) is 0 Å². The zero-order valence-electron chi connectivity index (χ0n) is 12.8. The summed E-state index contributed by atoms with van der Waals surface area (Å²) in [4.78, 5) is 25.8. The van der Waals surface area contributed by atoms with Crippen molar-refractivity contribution in [2.45, 2.75) is 33.4 Å². The minimum absolute atomic E-state index is 0.0838. The van der Waals surface area contributed by atoms with E-state index in [1.807, 2.05) is 0 Å². The molecule has 116 valence electrons. The molecule has 0 amide bonds. The predicted molar refractivity (Wildman–Crippen MR) is 79.0 cm³/mol. The van der Waals surface area contributed by atoms with Crippen LogP contribution in [-0.2, 0) is 11.3 Å². The number of carboxylic acid groups (broad SMARTS) is 1. The minimum atomic E-state index is -1.00. The first-order chi connectivity index (χ1) is 9.93. The van der Waals surface area contributed by atoms with Gasteiger partial charge in [0.2, 0.25) is 0 Å². The van der Waals surface area contributed by atoms with Gasteiger partial charge >= 0.3 is 5.97 Å². The fourth-order valence-electron chi connectivity index (χ4n) is 2.85. The van der Waals surface area contributed by atoms with Crippen molar-refractivity contribution >= 4 is 5.97 Å². The molecule has 1 saturated heterocycles. The van der Waals surface area contributed by atoms with E-state index in [0.29, 0.717) is 24.4 Å². The van der Waals surface area contributed by atoms with Crippen LogP contribution in [0, 0.1) is 13.8 Å². The third kappa shape index (κ3) is 3.33. The van der Waals surface area contributed by atoms with E-state index in [0.717, 1.165) is 19.6 Å². The SMILES string of the molecule is CCN1CCOC(Cn2c(C)c(C(=O)O)c(C)cc2=O)C1. The van der Waals surface area contributed by atoms with Crippen LogP contribution in [0.2, 0.25) is 0 Å². The Morgan fingerprint density at radius 2 is 2.19 bits per heavy atom. The fraction of sp³-hybridized carbons (Fsp3) is 0.600. The summed E-state index contributed by atoms with van der Waals surface area (Å²) in [5.74, 6) is -1.00. The van der Waals surface area contributed by atoms with Crippen molar-refractivity contribution in [1.82, 2.24) is 9.47 Å². The molecule has 0 bridgehead atoms. The molecule has 2 rings (SSSR count). The average Bonchev–Trinajstić information content (AvgIpc) is 2.43. The first-order valence-electron chi connectivity index (χ1n) is 7.22. The first kappa shape index (κ1) is 15.7. The summed E-state index contributed by atoms with van der Waals surface area (Å²) in [5, 5.41) is 9.29. The van der Waals surface area contributed by atoms with Gasteiger partial charge in [0.1, 0.15) is 0 Å². The molecule has 1 aromatic rings. The summed E-state index contributed by atoms with van der Waals surface area (Å²) in [5.41, 5.74) is 1.02. The first-order valence-corrected chi connectivity index (χ1v) is 7.22. The van der Waals surface area contributed by atoms with E-state index in [2.05, 4.69) is 11.8 Å². The maximum Gasteiger partial charge on any atom is 0.337 e. The zero-order valence-corrected chi connectivity index (χ0v) is 12.8. The summed E-state index contributed by atoms with van der Waals surface area (Å²) in [7, 11) is 0. The predicted octanol–water partition coefficient (Wildman–Crippen LogP) is 0.884. The van der Waals surface area contributed by atoms with Gasteiger partial charge in [0.05, 0.1) is 24.8 Å². The highest BCUT2D eigenvalue weighted by Crippen LogP contribution is 2.13. The second-order valence-electron chi connectivity index (χ2n) is 5.43. The highest BCUT2D eigenvalue weighted by molar-refractivity contribution is 5.90. The summed E-state index contributed by atoms with van der Waals surface area (Å²) in [6.07, 6.45) is -0.0838. The molecule has 1 fully saturated rings. The van der Waals surface area contributed by atoms with Crippen molar-refractivity contribution in [3.8, 4) is 0 Å². The van der Waals surface area contributed by atoms with Crippen LogP contribution in [0.1, 0.15) is 28.5 Å². The van der Waals surface area contributed by atoms with E-state index in [9.17, 15) is 14.7 Å². The highest BCUT2D eigenvalue weighted by Gasteiger charge is 2.22. The molecule has 1 aromatic heterocycles. The number of aromatic nitrogens is 1. The van der Waals surface area contributed by atoms with E-state index < -0.39 is 5.97 Å². The molecule has 0 aromatic carbocycles. The van der Waals surface area contributed by atoms with Crippen LogP contribution in [0.15, 0.2) is 10.9 Å². The minimum Gasteiger partial charge on any atom is -0.478 e. The third-order valence-electron chi connectivity index (χ3n) is 4.04. The number of carbonyl (C=O) groups is 1. The van der Waals surface area contributed by atoms with E-state index in [1.165, 1.54) is 10.6 Å². The molecule has 0 radical (unpaired) electrons. The van der Waals surface area contributed by atoms with Crippen LogP contribution >= 0.6 is 0 Å². The lowest BCUT2D eigenvalue weighted by molar-refractivity contribution is -0.0350. The Morgan fingerprint density at radius 1 is 1.48 bits per heavy atom. The van der Waals surface area contributed by atoms with Crippen molar-refractivity contribution < 1.29 is 14.6 Å². The molecule has 0 aliphatic carbocycles. The van der Waals surface area contributed by atoms with Gasteiger partial charge in [0.15, 0.2) is 0 Å². The molecule has 1 unspecified atom stereocenters. The Balaban J connectivity index is 2.30. The Hall–Kier alpha value is -1.66. The lowest BCUT2D eigenvalue weighted by Crippen LogP contribution is -2.45. The molecule has 6 heteroatoms. The maximum atomic E-state index is 12.2. The molecule has 0 saturated carbocycles. The number of nitrogens with zero attached hydrogens (tertiary/aromatic N) is 2.